The average molecular weight is 295 g/mol. The van der Waals surface area contributed by atoms with Crippen LogP contribution in [-0.2, 0) is 6.54 Å². The lowest BCUT2D eigenvalue weighted by Gasteiger charge is -2.28. The van der Waals surface area contributed by atoms with Gasteiger partial charge in [0, 0.05) is 29.8 Å². The Bertz CT molecular complexity index is 427. The number of nitrogens with zero attached hydrogens (tertiary/aromatic N) is 1. The van der Waals surface area contributed by atoms with Crippen LogP contribution in [0.25, 0.3) is 0 Å². The van der Waals surface area contributed by atoms with Gasteiger partial charge in [0.15, 0.2) is 0 Å². The molecule has 0 heterocycles. The largest absolute Gasteiger partial charge is 0.368 e. The molecule has 3 heteroatoms. The molecular formula is C17H27ClN2. The molecule has 2 nitrogen and oxygen atoms in total. The normalized spacial score (nSPS) is 14.8. The first-order valence-electron chi connectivity index (χ1n) is 7.87. The van der Waals surface area contributed by atoms with Gasteiger partial charge in [-0.1, -0.05) is 32.4 Å². The Morgan fingerprint density at radius 1 is 1.35 bits per heavy atom. The molecular weight excluding hydrogens is 268 g/mol. The zero-order chi connectivity index (χ0) is 14.5. The molecule has 1 N–H and O–H groups in total. The quantitative estimate of drug-likeness (QED) is 0.761. The van der Waals surface area contributed by atoms with E-state index in [1.165, 1.54) is 30.5 Å². The molecule has 1 aromatic rings. The van der Waals surface area contributed by atoms with Gasteiger partial charge >= 0.3 is 0 Å². The number of rotatable bonds is 8. The van der Waals surface area contributed by atoms with Crippen molar-refractivity contribution in [1.29, 1.82) is 0 Å². The summed E-state index contributed by atoms with van der Waals surface area (Å²) in [4.78, 5) is 2.60. The van der Waals surface area contributed by atoms with Crippen LogP contribution in [0.5, 0.6) is 0 Å². The second kappa shape index (κ2) is 7.33. The highest BCUT2D eigenvalue weighted by molar-refractivity contribution is 6.30. The monoisotopic (exact) mass is 294 g/mol. The van der Waals surface area contributed by atoms with E-state index in [2.05, 4.69) is 43.1 Å². The molecule has 0 bridgehead atoms. The van der Waals surface area contributed by atoms with E-state index in [-0.39, 0.29) is 0 Å². The van der Waals surface area contributed by atoms with E-state index in [1.807, 2.05) is 6.07 Å². The fourth-order valence-corrected chi connectivity index (χ4v) is 2.71. The predicted molar refractivity (Wildman–Crippen MR) is 88.7 cm³/mol. The summed E-state index contributed by atoms with van der Waals surface area (Å²) < 4.78 is 0. The lowest BCUT2D eigenvalue weighted by Crippen LogP contribution is -2.29. The van der Waals surface area contributed by atoms with Gasteiger partial charge in [0.25, 0.3) is 0 Å². The summed E-state index contributed by atoms with van der Waals surface area (Å²) in [6.07, 6.45) is 3.92. The van der Waals surface area contributed by atoms with Crippen LogP contribution in [-0.4, -0.2) is 19.1 Å². The third-order valence-electron chi connectivity index (χ3n) is 3.85. The van der Waals surface area contributed by atoms with Crippen molar-refractivity contribution in [2.45, 2.75) is 52.6 Å². The number of hydrogen-bond acceptors (Lipinski definition) is 2. The summed E-state index contributed by atoms with van der Waals surface area (Å²) in [5.41, 5.74) is 2.70. The molecule has 1 fully saturated rings. The minimum atomic E-state index is 0.746. The summed E-state index contributed by atoms with van der Waals surface area (Å²) >= 11 is 6.18. The van der Waals surface area contributed by atoms with Gasteiger partial charge in [-0.25, -0.2) is 0 Å². The van der Waals surface area contributed by atoms with Gasteiger partial charge in [0.1, 0.15) is 0 Å². The number of anilines is 1. The van der Waals surface area contributed by atoms with Crippen LogP contribution in [0.4, 0.5) is 5.69 Å². The minimum absolute atomic E-state index is 0.746. The zero-order valence-corrected chi connectivity index (χ0v) is 13.7. The van der Waals surface area contributed by atoms with Crippen LogP contribution in [0, 0.1) is 5.92 Å². The molecule has 0 spiro atoms. The van der Waals surface area contributed by atoms with Gasteiger partial charge in [-0.2, -0.15) is 0 Å². The van der Waals surface area contributed by atoms with Gasteiger partial charge in [0.05, 0.1) is 0 Å². The number of benzene rings is 1. The van der Waals surface area contributed by atoms with Crippen molar-refractivity contribution >= 4 is 17.3 Å². The van der Waals surface area contributed by atoms with Crippen LogP contribution < -0.4 is 10.2 Å². The molecule has 1 aliphatic carbocycles. The zero-order valence-electron chi connectivity index (χ0n) is 13.0. The van der Waals surface area contributed by atoms with Crippen LogP contribution in [0.15, 0.2) is 18.2 Å². The molecule has 112 valence electrons. The molecule has 1 aromatic carbocycles. The first-order chi connectivity index (χ1) is 9.61. The molecule has 0 unspecified atom stereocenters. The lowest BCUT2D eigenvalue weighted by molar-refractivity contribution is 0.569. The summed E-state index contributed by atoms with van der Waals surface area (Å²) in [6, 6.07) is 7.09. The lowest BCUT2D eigenvalue weighted by atomic mass is 10.1. The van der Waals surface area contributed by atoms with Crippen molar-refractivity contribution in [2.75, 3.05) is 18.0 Å². The molecule has 0 atom stereocenters. The van der Waals surface area contributed by atoms with E-state index in [4.69, 9.17) is 11.6 Å². The number of hydrogen-bond donors (Lipinski definition) is 1. The minimum Gasteiger partial charge on any atom is -0.368 e. The predicted octanol–water partition coefficient (Wildman–Crippen LogP) is 4.46. The van der Waals surface area contributed by atoms with Crippen LogP contribution >= 0.6 is 11.6 Å². The fourth-order valence-electron chi connectivity index (χ4n) is 2.52. The maximum absolute atomic E-state index is 6.18. The van der Waals surface area contributed by atoms with Crippen molar-refractivity contribution in [1.82, 2.24) is 5.32 Å². The number of nitrogens with one attached hydrogen (secondary N) is 1. The third kappa shape index (κ3) is 4.39. The molecule has 0 aromatic heterocycles. The summed E-state index contributed by atoms with van der Waals surface area (Å²) in [6.45, 7) is 9.78. The Morgan fingerprint density at radius 2 is 2.10 bits per heavy atom. The van der Waals surface area contributed by atoms with Crippen LogP contribution in [0.1, 0.15) is 45.6 Å². The summed E-state index contributed by atoms with van der Waals surface area (Å²) in [5, 5.41) is 4.26. The Hall–Kier alpha value is -0.730. The Balaban J connectivity index is 2.17. The number of halogens is 1. The highest BCUT2D eigenvalue weighted by Crippen LogP contribution is 2.35. The SMILES string of the molecule is CCNCc1cc(Cl)ccc1N(CCC(C)C)C1CC1. The fraction of sp³-hybridized carbons (Fsp3) is 0.647. The highest BCUT2D eigenvalue weighted by atomic mass is 35.5. The topological polar surface area (TPSA) is 15.3 Å². The van der Waals surface area contributed by atoms with E-state index in [0.29, 0.717) is 0 Å². The van der Waals surface area contributed by atoms with Gasteiger partial charge in [-0.15, -0.1) is 0 Å². The molecule has 2 rings (SSSR count). The molecule has 0 saturated heterocycles. The van der Waals surface area contributed by atoms with Gasteiger partial charge in [0.2, 0.25) is 0 Å². The molecule has 1 saturated carbocycles. The standard InChI is InChI=1S/C17H27ClN2/c1-4-19-12-14-11-15(18)5-8-17(14)20(16-6-7-16)10-9-13(2)3/h5,8,11,13,16,19H,4,6-7,9-10,12H2,1-3H3. The second-order valence-corrected chi connectivity index (χ2v) is 6.60. The van der Waals surface area contributed by atoms with Crippen molar-refractivity contribution in [3.63, 3.8) is 0 Å². The Morgan fingerprint density at radius 3 is 2.70 bits per heavy atom. The Labute approximate surface area is 128 Å². The first kappa shape index (κ1) is 15.7. The smallest absolute Gasteiger partial charge is 0.0415 e. The second-order valence-electron chi connectivity index (χ2n) is 6.16. The van der Waals surface area contributed by atoms with E-state index in [0.717, 1.165) is 36.6 Å². The van der Waals surface area contributed by atoms with Crippen molar-refractivity contribution < 1.29 is 0 Å². The summed E-state index contributed by atoms with van der Waals surface area (Å²) in [5.74, 6) is 0.751. The molecule has 0 amide bonds. The first-order valence-corrected chi connectivity index (χ1v) is 8.25. The van der Waals surface area contributed by atoms with Gasteiger partial charge in [-0.05, 0) is 55.5 Å². The van der Waals surface area contributed by atoms with E-state index >= 15 is 0 Å². The van der Waals surface area contributed by atoms with Gasteiger partial charge in [-0.3, -0.25) is 0 Å². The molecule has 0 radical (unpaired) electrons. The molecule has 1 aliphatic rings. The van der Waals surface area contributed by atoms with Crippen molar-refractivity contribution in [3.8, 4) is 0 Å². The van der Waals surface area contributed by atoms with Crippen LogP contribution in [0.2, 0.25) is 5.02 Å². The molecule has 20 heavy (non-hydrogen) atoms. The van der Waals surface area contributed by atoms with E-state index in [9.17, 15) is 0 Å². The van der Waals surface area contributed by atoms with E-state index in [1.54, 1.807) is 0 Å². The highest BCUT2D eigenvalue weighted by Gasteiger charge is 2.30. The average Bonchev–Trinajstić information content (AvgIpc) is 3.22. The Kier molecular flexibility index (Phi) is 5.74. The summed E-state index contributed by atoms with van der Waals surface area (Å²) in [7, 11) is 0. The maximum Gasteiger partial charge on any atom is 0.0415 e. The van der Waals surface area contributed by atoms with Crippen LogP contribution in [0.3, 0.4) is 0 Å². The molecule has 0 aliphatic heterocycles. The van der Waals surface area contributed by atoms with E-state index < -0.39 is 0 Å². The maximum atomic E-state index is 6.18. The third-order valence-corrected chi connectivity index (χ3v) is 4.09. The van der Waals surface area contributed by atoms with Gasteiger partial charge < -0.3 is 10.2 Å². The van der Waals surface area contributed by atoms with Crippen molar-refractivity contribution in [3.05, 3.63) is 28.8 Å². The van der Waals surface area contributed by atoms with Crippen molar-refractivity contribution in [2.24, 2.45) is 5.92 Å².